The molecule has 1 aliphatic rings. The van der Waals surface area contributed by atoms with Crippen molar-refractivity contribution in [2.75, 3.05) is 0 Å². The van der Waals surface area contributed by atoms with Crippen molar-refractivity contribution in [3.8, 4) is 6.07 Å². The van der Waals surface area contributed by atoms with Gasteiger partial charge < -0.3 is 5.32 Å². The summed E-state index contributed by atoms with van der Waals surface area (Å²) in [6.45, 7) is 4.44. The molecule has 0 saturated heterocycles. The average Bonchev–Trinajstić information content (AvgIpc) is 2.19. The van der Waals surface area contributed by atoms with Gasteiger partial charge in [0, 0.05) is 12.1 Å². The van der Waals surface area contributed by atoms with Crippen LogP contribution in [-0.4, -0.2) is 12.1 Å². The van der Waals surface area contributed by atoms with Crippen molar-refractivity contribution >= 4 is 0 Å². The van der Waals surface area contributed by atoms with E-state index in [2.05, 4.69) is 25.2 Å². The third-order valence-electron chi connectivity index (χ3n) is 3.15. The number of nitrogens with one attached hydrogen (secondary N) is 1. The lowest BCUT2D eigenvalue weighted by Gasteiger charge is -2.30. The molecule has 0 aliphatic heterocycles. The highest BCUT2D eigenvalue weighted by molar-refractivity contribution is 4.95. The molecule has 1 rings (SSSR count). The summed E-state index contributed by atoms with van der Waals surface area (Å²) in [6, 6.07) is 3.46. The first-order valence-electron chi connectivity index (χ1n) is 5.93. The van der Waals surface area contributed by atoms with Gasteiger partial charge in [0.05, 0.1) is 12.0 Å². The summed E-state index contributed by atoms with van der Waals surface area (Å²) in [5, 5.41) is 12.6. The van der Waals surface area contributed by atoms with Crippen LogP contribution in [0.1, 0.15) is 52.4 Å². The van der Waals surface area contributed by atoms with Gasteiger partial charge in [-0.15, -0.1) is 0 Å². The third-order valence-corrected chi connectivity index (χ3v) is 3.15. The van der Waals surface area contributed by atoms with Crippen molar-refractivity contribution < 1.29 is 0 Å². The molecule has 0 bridgehead atoms. The molecule has 1 fully saturated rings. The van der Waals surface area contributed by atoms with Crippen molar-refractivity contribution in [3.05, 3.63) is 0 Å². The first-order valence-corrected chi connectivity index (χ1v) is 5.93. The second kappa shape index (κ2) is 6.03. The Balaban J connectivity index is 2.37. The van der Waals surface area contributed by atoms with Crippen molar-refractivity contribution in [3.63, 3.8) is 0 Å². The molecule has 3 atom stereocenters. The topological polar surface area (TPSA) is 35.8 Å². The van der Waals surface area contributed by atoms with Gasteiger partial charge in [0.2, 0.25) is 0 Å². The highest BCUT2D eigenvalue weighted by Crippen LogP contribution is 2.24. The van der Waals surface area contributed by atoms with Gasteiger partial charge in [-0.1, -0.05) is 26.2 Å². The van der Waals surface area contributed by atoms with Gasteiger partial charge in [-0.3, -0.25) is 0 Å². The first-order chi connectivity index (χ1) is 6.77. The van der Waals surface area contributed by atoms with Crippen LogP contribution in [0.5, 0.6) is 0 Å². The minimum Gasteiger partial charge on any atom is -0.310 e. The normalized spacial score (nSPS) is 29.5. The van der Waals surface area contributed by atoms with Gasteiger partial charge in [-0.2, -0.15) is 5.26 Å². The van der Waals surface area contributed by atoms with E-state index in [1.54, 1.807) is 0 Å². The molecule has 0 aromatic rings. The maximum Gasteiger partial charge on any atom is 0.0672 e. The van der Waals surface area contributed by atoms with Crippen molar-refractivity contribution in [2.45, 2.75) is 64.5 Å². The molecule has 0 radical (unpaired) electrons. The van der Waals surface area contributed by atoms with Crippen LogP contribution in [0.25, 0.3) is 0 Å². The van der Waals surface area contributed by atoms with Crippen LogP contribution in [0.4, 0.5) is 0 Å². The maximum absolute atomic E-state index is 9.01. The van der Waals surface area contributed by atoms with Crippen LogP contribution in [-0.2, 0) is 0 Å². The highest BCUT2D eigenvalue weighted by Gasteiger charge is 2.25. The summed E-state index contributed by atoms with van der Waals surface area (Å²) in [5.74, 6) is 0.253. The lowest BCUT2D eigenvalue weighted by Crippen LogP contribution is -2.42. The Labute approximate surface area is 87.7 Å². The largest absolute Gasteiger partial charge is 0.310 e. The lowest BCUT2D eigenvalue weighted by atomic mass is 9.85. The molecule has 80 valence electrons. The fourth-order valence-electron chi connectivity index (χ4n) is 2.37. The van der Waals surface area contributed by atoms with Gasteiger partial charge in [-0.25, -0.2) is 0 Å². The Morgan fingerprint density at radius 2 is 2.14 bits per heavy atom. The lowest BCUT2D eigenvalue weighted by molar-refractivity contribution is 0.285. The van der Waals surface area contributed by atoms with Crippen LogP contribution < -0.4 is 5.32 Å². The van der Waals surface area contributed by atoms with E-state index in [1.807, 2.05) is 0 Å². The SMILES string of the molecule is CCCC(C)NC1CCCCC1C#N. The second-order valence-corrected chi connectivity index (χ2v) is 4.48. The molecule has 1 saturated carbocycles. The predicted octanol–water partition coefficient (Wildman–Crippen LogP) is 2.85. The van der Waals surface area contributed by atoms with E-state index in [0.717, 1.165) is 6.42 Å². The number of rotatable bonds is 4. The third kappa shape index (κ3) is 3.31. The Kier molecular flexibility index (Phi) is 4.97. The predicted molar refractivity (Wildman–Crippen MR) is 58.9 cm³/mol. The van der Waals surface area contributed by atoms with E-state index in [4.69, 9.17) is 5.26 Å². The number of hydrogen-bond donors (Lipinski definition) is 1. The molecule has 3 unspecified atom stereocenters. The van der Waals surface area contributed by atoms with Gasteiger partial charge in [0.1, 0.15) is 0 Å². The fraction of sp³-hybridized carbons (Fsp3) is 0.917. The van der Waals surface area contributed by atoms with Gasteiger partial charge in [0.15, 0.2) is 0 Å². The molecular formula is C12H22N2. The molecule has 0 amide bonds. The molecular weight excluding hydrogens is 172 g/mol. The Bertz CT molecular complexity index is 195. The zero-order chi connectivity index (χ0) is 10.4. The monoisotopic (exact) mass is 194 g/mol. The van der Waals surface area contributed by atoms with Crippen LogP contribution in [0.3, 0.4) is 0 Å². The average molecular weight is 194 g/mol. The molecule has 0 spiro atoms. The van der Waals surface area contributed by atoms with Crippen LogP contribution >= 0.6 is 0 Å². The minimum absolute atomic E-state index is 0.253. The van der Waals surface area contributed by atoms with Crippen molar-refractivity contribution in [1.29, 1.82) is 5.26 Å². The van der Waals surface area contributed by atoms with E-state index < -0.39 is 0 Å². The van der Waals surface area contributed by atoms with E-state index >= 15 is 0 Å². The molecule has 1 aliphatic carbocycles. The zero-order valence-electron chi connectivity index (χ0n) is 9.42. The second-order valence-electron chi connectivity index (χ2n) is 4.48. The molecule has 2 nitrogen and oxygen atoms in total. The molecule has 0 aromatic carbocycles. The highest BCUT2D eigenvalue weighted by atomic mass is 15.0. The standard InChI is InChI=1S/C12H22N2/c1-3-6-10(2)14-12-8-5-4-7-11(12)9-13/h10-12,14H,3-8H2,1-2H3. The fourth-order valence-corrected chi connectivity index (χ4v) is 2.37. The summed E-state index contributed by atoms with van der Waals surface area (Å²) in [5.41, 5.74) is 0. The van der Waals surface area contributed by atoms with Crippen LogP contribution in [0, 0.1) is 17.2 Å². The van der Waals surface area contributed by atoms with Gasteiger partial charge >= 0.3 is 0 Å². The van der Waals surface area contributed by atoms with E-state index in [-0.39, 0.29) is 5.92 Å². The first kappa shape index (κ1) is 11.5. The molecule has 1 N–H and O–H groups in total. The number of nitriles is 1. The summed E-state index contributed by atoms with van der Waals surface area (Å²) in [7, 11) is 0. The van der Waals surface area contributed by atoms with E-state index in [0.29, 0.717) is 12.1 Å². The zero-order valence-corrected chi connectivity index (χ0v) is 9.42. The van der Waals surface area contributed by atoms with Crippen LogP contribution in [0.15, 0.2) is 0 Å². The number of nitrogens with zero attached hydrogens (tertiary/aromatic N) is 1. The maximum atomic E-state index is 9.01. The molecule has 14 heavy (non-hydrogen) atoms. The van der Waals surface area contributed by atoms with Crippen molar-refractivity contribution in [2.24, 2.45) is 5.92 Å². The Morgan fingerprint density at radius 3 is 2.79 bits per heavy atom. The minimum atomic E-state index is 0.253. The van der Waals surface area contributed by atoms with Gasteiger partial charge in [0.25, 0.3) is 0 Å². The van der Waals surface area contributed by atoms with Crippen LogP contribution in [0.2, 0.25) is 0 Å². The summed E-state index contributed by atoms with van der Waals surface area (Å²) >= 11 is 0. The Hall–Kier alpha value is -0.550. The summed E-state index contributed by atoms with van der Waals surface area (Å²) < 4.78 is 0. The summed E-state index contributed by atoms with van der Waals surface area (Å²) in [4.78, 5) is 0. The quantitative estimate of drug-likeness (QED) is 0.747. The molecule has 0 heterocycles. The molecule has 0 aromatic heterocycles. The Morgan fingerprint density at radius 1 is 1.43 bits per heavy atom. The summed E-state index contributed by atoms with van der Waals surface area (Å²) in [6.07, 6.45) is 7.24. The van der Waals surface area contributed by atoms with Crippen molar-refractivity contribution in [1.82, 2.24) is 5.32 Å². The molecule has 2 heteroatoms. The number of hydrogen-bond acceptors (Lipinski definition) is 2. The van der Waals surface area contributed by atoms with E-state index in [9.17, 15) is 0 Å². The van der Waals surface area contributed by atoms with Gasteiger partial charge in [-0.05, 0) is 26.2 Å². The smallest absolute Gasteiger partial charge is 0.0672 e. The van der Waals surface area contributed by atoms with E-state index in [1.165, 1.54) is 32.1 Å².